The summed E-state index contributed by atoms with van der Waals surface area (Å²) in [7, 11) is 0. The van der Waals surface area contributed by atoms with E-state index in [9.17, 15) is 4.79 Å². The summed E-state index contributed by atoms with van der Waals surface area (Å²) in [6, 6.07) is 28.6. The molecule has 1 amide bonds. The van der Waals surface area contributed by atoms with Crippen LogP contribution in [-0.4, -0.2) is 29.1 Å². The van der Waals surface area contributed by atoms with Crippen molar-refractivity contribution < 1.29 is 4.79 Å². The number of benzene rings is 3. The highest BCUT2D eigenvalue weighted by Crippen LogP contribution is 2.34. The van der Waals surface area contributed by atoms with Gasteiger partial charge in [0, 0.05) is 18.8 Å². The van der Waals surface area contributed by atoms with E-state index in [1.165, 1.54) is 17.4 Å². The molecule has 0 unspecified atom stereocenters. The summed E-state index contributed by atoms with van der Waals surface area (Å²) in [6.07, 6.45) is 1.97. The van der Waals surface area contributed by atoms with Crippen LogP contribution in [0.25, 0.3) is 6.08 Å². The average Bonchev–Trinajstić information content (AvgIpc) is 3.15. The third kappa shape index (κ3) is 5.74. The Morgan fingerprint density at radius 1 is 0.848 bits per heavy atom. The third-order valence-corrected chi connectivity index (χ3v) is 6.68. The monoisotopic (exact) mass is 455 g/mol. The molecule has 168 valence electrons. The largest absolute Gasteiger partial charge is 0.372 e. The van der Waals surface area contributed by atoms with Crippen LogP contribution >= 0.6 is 11.8 Å². The molecule has 3 aromatic carbocycles. The molecule has 1 aliphatic heterocycles. The van der Waals surface area contributed by atoms with Gasteiger partial charge >= 0.3 is 0 Å². The minimum Gasteiger partial charge on any atom is -0.372 e. The van der Waals surface area contributed by atoms with E-state index >= 15 is 0 Å². The Morgan fingerprint density at radius 3 is 2.06 bits per heavy atom. The van der Waals surface area contributed by atoms with Gasteiger partial charge in [0.2, 0.25) is 0 Å². The van der Waals surface area contributed by atoms with Gasteiger partial charge in [-0.15, -0.1) is 0 Å². The first-order chi connectivity index (χ1) is 16.2. The molecule has 0 radical (unpaired) electrons. The van der Waals surface area contributed by atoms with Gasteiger partial charge in [0.15, 0.2) is 5.17 Å². The van der Waals surface area contributed by atoms with Crippen molar-refractivity contribution in [1.29, 1.82) is 0 Å². The number of thioether (sulfide) groups is 1. The number of aliphatic imine (C=N–C) groups is 1. The Bertz CT molecular complexity index is 1120. The fourth-order valence-electron chi connectivity index (χ4n) is 3.80. The lowest BCUT2D eigenvalue weighted by Gasteiger charge is -2.20. The quantitative estimate of drug-likeness (QED) is 0.379. The lowest BCUT2D eigenvalue weighted by atomic mass is 10.1. The predicted molar refractivity (Wildman–Crippen MR) is 140 cm³/mol. The summed E-state index contributed by atoms with van der Waals surface area (Å²) >= 11 is 1.46. The van der Waals surface area contributed by atoms with Crippen molar-refractivity contribution in [1.82, 2.24) is 4.90 Å². The number of carbonyl (C=O) groups excluding carboxylic acids is 1. The van der Waals surface area contributed by atoms with Crippen LogP contribution in [0.5, 0.6) is 0 Å². The highest BCUT2D eigenvalue weighted by atomic mass is 32.2. The van der Waals surface area contributed by atoms with E-state index in [1.807, 2.05) is 54.6 Å². The molecule has 0 bridgehead atoms. The molecule has 0 aliphatic carbocycles. The van der Waals surface area contributed by atoms with E-state index in [1.54, 1.807) is 4.90 Å². The maximum absolute atomic E-state index is 13.4. The fraction of sp³-hybridized carbons (Fsp3) is 0.214. The molecule has 0 spiro atoms. The first-order valence-electron chi connectivity index (χ1n) is 11.4. The van der Waals surface area contributed by atoms with Gasteiger partial charge in [-0.25, -0.2) is 0 Å². The van der Waals surface area contributed by atoms with Gasteiger partial charge in [0.1, 0.15) is 0 Å². The molecule has 0 N–H and O–H groups in total. The van der Waals surface area contributed by atoms with Crippen molar-refractivity contribution in [2.45, 2.75) is 26.9 Å². The van der Waals surface area contributed by atoms with Crippen LogP contribution in [0.2, 0.25) is 0 Å². The molecule has 5 heteroatoms. The molecule has 33 heavy (non-hydrogen) atoms. The van der Waals surface area contributed by atoms with Crippen molar-refractivity contribution in [3.8, 4) is 0 Å². The molecule has 4 rings (SSSR count). The Balaban J connectivity index is 1.59. The maximum atomic E-state index is 13.4. The highest BCUT2D eigenvalue weighted by molar-refractivity contribution is 8.18. The van der Waals surface area contributed by atoms with Crippen LogP contribution in [0, 0.1) is 0 Å². The van der Waals surface area contributed by atoms with E-state index in [0.29, 0.717) is 18.0 Å². The Morgan fingerprint density at radius 2 is 1.45 bits per heavy atom. The first kappa shape index (κ1) is 22.9. The standard InChI is InChI=1S/C28H29N3OS/c1-3-30(4-2)25-17-15-22(16-18-25)19-26-27(32)31(21-24-13-9-6-10-14-24)28(33-26)29-20-23-11-7-5-8-12-23/h5-19H,3-4,20-21H2,1-2H3/b26-19-,29-28?. The topological polar surface area (TPSA) is 35.9 Å². The van der Waals surface area contributed by atoms with Crippen molar-refractivity contribution in [2.75, 3.05) is 18.0 Å². The molecule has 1 saturated heterocycles. The summed E-state index contributed by atoms with van der Waals surface area (Å²) in [6.45, 7) is 7.32. The molecular formula is C28H29N3OS. The number of rotatable bonds is 8. The van der Waals surface area contributed by atoms with Gasteiger partial charge in [-0.3, -0.25) is 14.7 Å². The van der Waals surface area contributed by atoms with Crippen LogP contribution < -0.4 is 4.90 Å². The van der Waals surface area contributed by atoms with Crippen LogP contribution in [0.3, 0.4) is 0 Å². The highest BCUT2D eigenvalue weighted by Gasteiger charge is 2.33. The predicted octanol–water partition coefficient (Wildman–Crippen LogP) is 6.21. The van der Waals surface area contributed by atoms with E-state index in [4.69, 9.17) is 4.99 Å². The normalized spacial score (nSPS) is 16.1. The zero-order valence-corrected chi connectivity index (χ0v) is 20.0. The second kappa shape index (κ2) is 11.0. The smallest absolute Gasteiger partial charge is 0.267 e. The van der Waals surface area contributed by atoms with Gasteiger partial charge in [0.05, 0.1) is 18.0 Å². The molecule has 0 aromatic heterocycles. The van der Waals surface area contributed by atoms with Gasteiger partial charge < -0.3 is 4.90 Å². The number of hydrogen-bond donors (Lipinski definition) is 0. The second-order valence-corrected chi connectivity index (χ2v) is 8.84. The SMILES string of the molecule is CCN(CC)c1ccc(/C=C2\SC(=NCc3ccccc3)N(Cc3ccccc3)C2=O)cc1. The molecule has 1 aliphatic rings. The van der Waals surface area contributed by atoms with E-state index < -0.39 is 0 Å². The Labute approximate surface area is 200 Å². The summed E-state index contributed by atoms with van der Waals surface area (Å²) in [5.74, 6) is 0.00323. The number of nitrogens with zero attached hydrogens (tertiary/aromatic N) is 3. The van der Waals surface area contributed by atoms with Crippen LogP contribution in [0.15, 0.2) is 94.8 Å². The van der Waals surface area contributed by atoms with E-state index in [2.05, 4.69) is 55.1 Å². The van der Waals surface area contributed by atoms with Gasteiger partial charge in [-0.05, 0) is 60.5 Å². The van der Waals surface area contributed by atoms with Crippen molar-refractivity contribution in [2.24, 2.45) is 4.99 Å². The van der Waals surface area contributed by atoms with Crippen LogP contribution in [-0.2, 0) is 17.9 Å². The zero-order chi connectivity index (χ0) is 23.0. The molecular weight excluding hydrogens is 426 g/mol. The fourth-order valence-corrected chi connectivity index (χ4v) is 4.77. The molecule has 4 nitrogen and oxygen atoms in total. The maximum Gasteiger partial charge on any atom is 0.267 e. The molecule has 3 aromatic rings. The summed E-state index contributed by atoms with van der Waals surface area (Å²) < 4.78 is 0. The number of anilines is 1. The number of carbonyl (C=O) groups is 1. The van der Waals surface area contributed by atoms with Crippen molar-refractivity contribution in [3.05, 3.63) is 107 Å². The van der Waals surface area contributed by atoms with Gasteiger partial charge in [-0.2, -0.15) is 0 Å². The van der Waals surface area contributed by atoms with Crippen LogP contribution in [0.4, 0.5) is 5.69 Å². The minimum atomic E-state index is 0.00323. The lowest BCUT2D eigenvalue weighted by Crippen LogP contribution is -2.28. The van der Waals surface area contributed by atoms with E-state index in [0.717, 1.165) is 34.9 Å². The average molecular weight is 456 g/mol. The van der Waals surface area contributed by atoms with Crippen LogP contribution in [0.1, 0.15) is 30.5 Å². The third-order valence-electron chi connectivity index (χ3n) is 5.63. The van der Waals surface area contributed by atoms with Crippen molar-refractivity contribution in [3.63, 3.8) is 0 Å². The Hall–Kier alpha value is -3.31. The molecule has 1 heterocycles. The van der Waals surface area contributed by atoms with Gasteiger partial charge in [-0.1, -0.05) is 72.8 Å². The minimum absolute atomic E-state index is 0.00323. The number of hydrogen-bond acceptors (Lipinski definition) is 4. The number of amidine groups is 1. The zero-order valence-electron chi connectivity index (χ0n) is 19.1. The Kier molecular flexibility index (Phi) is 7.63. The summed E-state index contributed by atoms with van der Waals surface area (Å²) in [4.78, 5) is 23.0. The van der Waals surface area contributed by atoms with E-state index in [-0.39, 0.29) is 5.91 Å². The molecule has 0 saturated carbocycles. The summed E-state index contributed by atoms with van der Waals surface area (Å²) in [5, 5.41) is 0.749. The number of amides is 1. The van der Waals surface area contributed by atoms with Crippen molar-refractivity contribution >= 4 is 34.6 Å². The second-order valence-electron chi connectivity index (χ2n) is 7.84. The summed E-state index contributed by atoms with van der Waals surface area (Å²) in [5.41, 5.74) is 4.43. The first-order valence-corrected chi connectivity index (χ1v) is 12.2. The molecule has 0 atom stereocenters. The van der Waals surface area contributed by atoms with Gasteiger partial charge in [0.25, 0.3) is 5.91 Å². The lowest BCUT2D eigenvalue weighted by molar-refractivity contribution is -0.122. The molecule has 1 fully saturated rings.